The van der Waals surface area contributed by atoms with Crippen molar-refractivity contribution in [2.75, 3.05) is 0 Å². The van der Waals surface area contributed by atoms with Gasteiger partial charge in [-0.15, -0.1) is 0 Å². The molecule has 0 aliphatic carbocycles. The topological polar surface area (TPSA) is 34.1 Å². The minimum atomic E-state index is -3.80. The second-order valence-electron chi connectivity index (χ2n) is 3.82. The quantitative estimate of drug-likeness (QED) is 0.802. The van der Waals surface area contributed by atoms with Gasteiger partial charge in [-0.2, -0.15) is 0 Å². The van der Waals surface area contributed by atoms with Gasteiger partial charge in [0.25, 0.3) is 0 Å². The van der Waals surface area contributed by atoms with E-state index in [-0.39, 0.29) is 5.75 Å². The maximum Gasteiger partial charge on any atom is 0.185 e. The maximum absolute atomic E-state index is 13.4. The molecule has 2 rings (SSSR count). The molecule has 2 aromatic carbocycles. The summed E-state index contributed by atoms with van der Waals surface area (Å²) in [5.41, 5.74) is 0.557. The van der Waals surface area contributed by atoms with E-state index in [1.165, 1.54) is 0 Å². The van der Waals surface area contributed by atoms with Gasteiger partial charge in [-0.3, -0.25) is 0 Å². The van der Waals surface area contributed by atoms with Crippen molar-refractivity contribution in [2.24, 2.45) is 0 Å². The molecule has 0 saturated heterocycles. The SMILES string of the molecule is O=S(=O)(Cc1ccccc1)c1ccc(F)cc1F. The number of halogens is 2. The second kappa shape index (κ2) is 4.86. The molecule has 0 atom stereocenters. The van der Waals surface area contributed by atoms with Crippen molar-refractivity contribution in [1.82, 2.24) is 0 Å². The van der Waals surface area contributed by atoms with E-state index in [4.69, 9.17) is 0 Å². The fourth-order valence-corrected chi connectivity index (χ4v) is 3.02. The molecule has 0 bridgehead atoms. The van der Waals surface area contributed by atoms with Crippen molar-refractivity contribution in [2.45, 2.75) is 10.6 Å². The van der Waals surface area contributed by atoms with E-state index in [0.717, 1.165) is 12.1 Å². The van der Waals surface area contributed by atoms with Gasteiger partial charge in [0.2, 0.25) is 0 Å². The van der Waals surface area contributed by atoms with E-state index in [1.54, 1.807) is 30.3 Å². The molecule has 0 radical (unpaired) electrons. The third-order valence-corrected chi connectivity index (χ3v) is 4.14. The molecule has 0 N–H and O–H groups in total. The van der Waals surface area contributed by atoms with Crippen LogP contribution in [0.4, 0.5) is 8.78 Å². The number of hydrogen-bond acceptors (Lipinski definition) is 2. The molecule has 0 aliphatic rings. The first kappa shape index (κ1) is 12.7. The molecule has 2 nitrogen and oxygen atoms in total. The molecule has 0 saturated carbocycles. The second-order valence-corrected chi connectivity index (χ2v) is 5.78. The van der Waals surface area contributed by atoms with Gasteiger partial charge in [-0.25, -0.2) is 17.2 Å². The highest BCUT2D eigenvalue weighted by molar-refractivity contribution is 7.90. The van der Waals surface area contributed by atoms with Crippen molar-refractivity contribution in [3.8, 4) is 0 Å². The first-order chi connectivity index (χ1) is 8.49. The Morgan fingerprint density at radius 3 is 2.22 bits per heavy atom. The van der Waals surface area contributed by atoms with Crippen LogP contribution >= 0.6 is 0 Å². The Hall–Kier alpha value is -1.75. The molecule has 0 aliphatic heterocycles. The Morgan fingerprint density at radius 1 is 0.944 bits per heavy atom. The fourth-order valence-electron chi connectivity index (χ4n) is 1.60. The highest BCUT2D eigenvalue weighted by atomic mass is 32.2. The lowest BCUT2D eigenvalue weighted by Crippen LogP contribution is -2.07. The van der Waals surface area contributed by atoms with Gasteiger partial charge in [0.15, 0.2) is 9.84 Å². The molecular weight excluding hydrogens is 258 g/mol. The first-order valence-electron chi connectivity index (χ1n) is 5.21. The summed E-state index contributed by atoms with van der Waals surface area (Å²) in [5, 5.41) is 0. The van der Waals surface area contributed by atoms with Crippen molar-refractivity contribution in [1.29, 1.82) is 0 Å². The Bertz CT molecular complexity index is 652. The third kappa shape index (κ3) is 2.73. The van der Waals surface area contributed by atoms with Crippen LogP contribution in [-0.4, -0.2) is 8.42 Å². The lowest BCUT2D eigenvalue weighted by atomic mass is 10.2. The van der Waals surface area contributed by atoms with Gasteiger partial charge in [-0.1, -0.05) is 30.3 Å². The van der Waals surface area contributed by atoms with Gasteiger partial charge in [0, 0.05) is 6.07 Å². The minimum Gasteiger partial charge on any atom is -0.223 e. The predicted molar refractivity (Wildman–Crippen MR) is 63.7 cm³/mol. The van der Waals surface area contributed by atoms with E-state index in [1.807, 2.05) is 0 Å². The molecule has 0 unspecified atom stereocenters. The Labute approximate surface area is 104 Å². The summed E-state index contributed by atoms with van der Waals surface area (Å²) in [6, 6.07) is 10.9. The van der Waals surface area contributed by atoms with Crippen LogP contribution in [0.1, 0.15) is 5.56 Å². The van der Waals surface area contributed by atoms with E-state index in [9.17, 15) is 17.2 Å². The summed E-state index contributed by atoms with van der Waals surface area (Å²) in [7, 11) is -3.80. The van der Waals surface area contributed by atoms with Crippen molar-refractivity contribution in [3.63, 3.8) is 0 Å². The molecule has 0 fully saturated rings. The van der Waals surface area contributed by atoms with E-state index in [0.29, 0.717) is 11.6 Å². The highest BCUT2D eigenvalue weighted by Gasteiger charge is 2.20. The molecule has 0 aromatic heterocycles. The molecule has 0 amide bonds. The molecule has 0 heterocycles. The average molecular weight is 268 g/mol. The monoisotopic (exact) mass is 268 g/mol. The number of hydrogen-bond donors (Lipinski definition) is 0. The van der Waals surface area contributed by atoms with Crippen molar-refractivity contribution >= 4 is 9.84 Å². The van der Waals surface area contributed by atoms with Crippen molar-refractivity contribution < 1.29 is 17.2 Å². The molecule has 18 heavy (non-hydrogen) atoms. The zero-order valence-electron chi connectivity index (χ0n) is 9.31. The molecule has 94 valence electrons. The van der Waals surface area contributed by atoms with E-state index >= 15 is 0 Å². The summed E-state index contributed by atoms with van der Waals surface area (Å²) in [6.07, 6.45) is 0. The van der Waals surface area contributed by atoms with Crippen LogP contribution in [0.15, 0.2) is 53.4 Å². The average Bonchev–Trinajstić information content (AvgIpc) is 2.29. The Balaban J connectivity index is 2.37. The number of sulfone groups is 1. The van der Waals surface area contributed by atoms with E-state index < -0.39 is 26.4 Å². The lowest BCUT2D eigenvalue weighted by molar-refractivity contribution is 0.549. The summed E-state index contributed by atoms with van der Waals surface area (Å²) in [6.45, 7) is 0. The zero-order valence-corrected chi connectivity index (χ0v) is 10.1. The van der Waals surface area contributed by atoms with E-state index in [2.05, 4.69) is 0 Å². The summed E-state index contributed by atoms with van der Waals surface area (Å²) < 4.78 is 50.1. The maximum atomic E-state index is 13.4. The van der Waals surface area contributed by atoms with Crippen molar-refractivity contribution in [3.05, 3.63) is 65.7 Å². The van der Waals surface area contributed by atoms with Crippen LogP contribution in [-0.2, 0) is 15.6 Å². The van der Waals surface area contributed by atoms with Crippen LogP contribution < -0.4 is 0 Å². The minimum absolute atomic E-state index is 0.309. The molecule has 2 aromatic rings. The Morgan fingerprint density at radius 2 is 1.61 bits per heavy atom. The van der Waals surface area contributed by atoms with Crippen LogP contribution in [0.2, 0.25) is 0 Å². The third-order valence-electron chi connectivity index (χ3n) is 2.43. The van der Waals surface area contributed by atoms with Crippen LogP contribution in [0, 0.1) is 11.6 Å². The fraction of sp³-hybridized carbons (Fsp3) is 0.0769. The molecule has 0 spiro atoms. The van der Waals surface area contributed by atoms with Crippen LogP contribution in [0.5, 0.6) is 0 Å². The van der Waals surface area contributed by atoms with Crippen LogP contribution in [0.3, 0.4) is 0 Å². The smallest absolute Gasteiger partial charge is 0.185 e. The molecule has 5 heteroatoms. The molecular formula is C13H10F2O2S. The summed E-state index contributed by atoms with van der Waals surface area (Å²) in [4.78, 5) is -0.479. The van der Waals surface area contributed by atoms with Gasteiger partial charge < -0.3 is 0 Å². The predicted octanol–water partition coefficient (Wildman–Crippen LogP) is 2.94. The zero-order chi connectivity index (χ0) is 13.2. The standard InChI is InChI=1S/C13H10F2O2S/c14-11-6-7-13(12(15)8-11)18(16,17)9-10-4-2-1-3-5-10/h1-8H,9H2. The normalized spacial score (nSPS) is 11.4. The lowest BCUT2D eigenvalue weighted by Gasteiger charge is -2.05. The summed E-state index contributed by atoms with van der Waals surface area (Å²) >= 11 is 0. The van der Waals surface area contributed by atoms with Gasteiger partial charge in [-0.05, 0) is 17.7 Å². The highest BCUT2D eigenvalue weighted by Crippen LogP contribution is 2.20. The summed E-state index contributed by atoms with van der Waals surface area (Å²) in [5.74, 6) is -2.17. The number of benzene rings is 2. The first-order valence-corrected chi connectivity index (χ1v) is 6.86. The number of rotatable bonds is 3. The van der Waals surface area contributed by atoms with Crippen LogP contribution in [0.25, 0.3) is 0 Å². The largest absolute Gasteiger partial charge is 0.223 e. The Kier molecular flexibility index (Phi) is 3.43. The van der Waals surface area contributed by atoms with Gasteiger partial charge in [0.05, 0.1) is 5.75 Å². The van der Waals surface area contributed by atoms with Gasteiger partial charge in [0.1, 0.15) is 16.5 Å². The van der Waals surface area contributed by atoms with Gasteiger partial charge >= 0.3 is 0 Å².